The Balaban J connectivity index is 3.19. The van der Waals surface area contributed by atoms with Gasteiger partial charge in [-0.2, -0.15) is 0 Å². The number of hydrogen-bond donors (Lipinski definition) is 0. The minimum atomic E-state index is 0.276. The maximum atomic E-state index is 2.25. The Hall–Kier alpha value is -0.780. The maximum Gasteiger partial charge on any atom is -0.0129 e. The quantitative estimate of drug-likeness (QED) is 0.546. The summed E-state index contributed by atoms with van der Waals surface area (Å²) >= 11 is 0. The molecule has 1 rings (SSSR count). The van der Waals surface area contributed by atoms with Crippen LogP contribution in [0.1, 0.15) is 37.5 Å². The van der Waals surface area contributed by atoms with Crippen molar-refractivity contribution in [1.82, 2.24) is 0 Å². The Morgan fingerprint density at radius 3 is 2.00 bits per heavy atom. The zero-order valence-electron chi connectivity index (χ0n) is 8.73. The third-order valence-electron chi connectivity index (χ3n) is 2.19. The summed E-state index contributed by atoms with van der Waals surface area (Å²) in [7, 11) is 0. The SMILES string of the molecule is Cc1ccc(C(C)(C)C)c(C)c1. The average Bonchev–Trinajstić information content (AvgIpc) is 1.83. The van der Waals surface area contributed by atoms with Crippen LogP contribution in [0.25, 0.3) is 0 Å². The molecule has 66 valence electrons. The van der Waals surface area contributed by atoms with Gasteiger partial charge in [0.05, 0.1) is 0 Å². The van der Waals surface area contributed by atoms with E-state index in [1.807, 2.05) is 0 Å². The summed E-state index contributed by atoms with van der Waals surface area (Å²) in [6.45, 7) is 11.1. The van der Waals surface area contributed by atoms with Crippen LogP contribution in [0.3, 0.4) is 0 Å². The van der Waals surface area contributed by atoms with Crippen LogP contribution in [-0.4, -0.2) is 0 Å². The van der Waals surface area contributed by atoms with E-state index in [9.17, 15) is 0 Å². The van der Waals surface area contributed by atoms with Crippen LogP contribution in [0.15, 0.2) is 18.2 Å². The van der Waals surface area contributed by atoms with Gasteiger partial charge in [0.2, 0.25) is 0 Å². The second-order valence-corrected chi connectivity index (χ2v) is 4.57. The fourth-order valence-corrected chi connectivity index (χ4v) is 1.66. The second kappa shape index (κ2) is 2.93. The Kier molecular flexibility index (Phi) is 2.27. The number of benzene rings is 1. The van der Waals surface area contributed by atoms with Gasteiger partial charge in [-0.05, 0) is 30.4 Å². The number of rotatable bonds is 0. The van der Waals surface area contributed by atoms with Gasteiger partial charge in [-0.1, -0.05) is 44.5 Å². The van der Waals surface area contributed by atoms with Crippen molar-refractivity contribution in [3.63, 3.8) is 0 Å². The van der Waals surface area contributed by atoms with Crippen molar-refractivity contribution in [2.24, 2.45) is 0 Å². The van der Waals surface area contributed by atoms with E-state index in [0.717, 1.165) is 0 Å². The van der Waals surface area contributed by atoms with E-state index >= 15 is 0 Å². The zero-order valence-corrected chi connectivity index (χ0v) is 8.73. The molecule has 0 radical (unpaired) electrons. The molecule has 0 bridgehead atoms. The molecular weight excluding hydrogens is 144 g/mol. The highest BCUT2D eigenvalue weighted by molar-refractivity contribution is 5.34. The van der Waals surface area contributed by atoms with E-state index in [4.69, 9.17) is 0 Å². The predicted molar refractivity (Wildman–Crippen MR) is 54.6 cm³/mol. The summed E-state index contributed by atoms with van der Waals surface area (Å²) in [5.41, 5.74) is 4.48. The topological polar surface area (TPSA) is 0 Å². The molecule has 12 heavy (non-hydrogen) atoms. The Morgan fingerprint density at radius 1 is 1.00 bits per heavy atom. The molecule has 0 aliphatic rings. The summed E-state index contributed by atoms with van der Waals surface area (Å²) in [6, 6.07) is 6.68. The molecule has 0 heterocycles. The van der Waals surface area contributed by atoms with Gasteiger partial charge in [-0.15, -0.1) is 0 Å². The van der Waals surface area contributed by atoms with Crippen LogP contribution in [0.5, 0.6) is 0 Å². The van der Waals surface area contributed by atoms with E-state index in [0.29, 0.717) is 0 Å². The summed E-state index contributed by atoms with van der Waals surface area (Å²) in [5.74, 6) is 0. The summed E-state index contributed by atoms with van der Waals surface area (Å²) in [4.78, 5) is 0. The average molecular weight is 162 g/mol. The first-order valence-electron chi connectivity index (χ1n) is 4.49. The highest BCUT2D eigenvalue weighted by atomic mass is 14.2. The van der Waals surface area contributed by atoms with Crippen LogP contribution in [-0.2, 0) is 5.41 Å². The van der Waals surface area contributed by atoms with E-state index in [1.165, 1.54) is 16.7 Å². The zero-order chi connectivity index (χ0) is 9.35. The lowest BCUT2D eigenvalue weighted by Crippen LogP contribution is -2.12. The number of hydrogen-bond acceptors (Lipinski definition) is 0. The lowest BCUT2D eigenvalue weighted by atomic mass is 9.84. The fourth-order valence-electron chi connectivity index (χ4n) is 1.66. The van der Waals surface area contributed by atoms with Crippen LogP contribution in [0.4, 0.5) is 0 Å². The molecule has 0 heteroatoms. The summed E-state index contributed by atoms with van der Waals surface area (Å²) < 4.78 is 0. The molecule has 0 aliphatic heterocycles. The van der Waals surface area contributed by atoms with Gasteiger partial charge in [-0.25, -0.2) is 0 Å². The van der Waals surface area contributed by atoms with E-state index < -0.39 is 0 Å². The maximum absolute atomic E-state index is 2.25. The van der Waals surface area contributed by atoms with Crippen molar-refractivity contribution >= 4 is 0 Å². The molecule has 0 aliphatic carbocycles. The molecule has 0 unspecified atom stereocenters. The third-order valence-corrected chi connectivity index (χ3v) is 2.19. The first-order valence-corrected chi connectivity index (χ1v) is 4.49. The summed E-state index contributed by atoms with van der Waals surface area (Å²) in [6.07, 6.45) is 0. The Labute approximate surface area is 75.6 Å². The lowest BCUT2D eigenvalue weighted by Gasteiger charge is -2.21. The van der Waals surface area contributed by atoms with E-state index in [2.05, 4.69) is 52.8 Å². The van der Waals surface area contributed by atoms with Gasteiger partial charge in [0.15, 0.2) is 0 Å². The monoisotopic (exact) mass is 162 g/mol. The van der Waals surface area contributed by atoms with Crippen molar-refractivity contribution in [2.45, 2.75) is 40.0 Å². The van der Waals surface area contributed by atoms with Crippen molar-refractivity contribution < 1.29 is 0 Å². The molecule has 0 nitrogen and oxygen atoms in total. The normalized spacial score (nSPS) is 11.8. The van der Waals surface area contributed by atoms with E-state index in [-0.39, 0.29) is 5.41 Å². The largest absolute Gasteiger partial charge is 0.0590 e. The van der Waals surface area contributed by atoms with Crippen molar-refractivity contribution in [3.05, 3.63) is 34.9 Å². The van der Waals surface area contributed by atoms with Crippen LogP contribution < -0.4 is 0 Å². The highest BCUT2D eigenvalue weighted by Crippen LogP contribution is 2.25. The van der Waals surface area contributed by atoms with Gasteiger partial charge in [0.25, 0.3) is 0 Å². The molecule has 0 fully saturated rings. The second-order valence-electron chi connectivity index (χ2n) is 4.57. The first kappa shape index (κ1) is 9.31. The van der Waals surface area contributed by atoms with Crippen molar-refractivity contribution in [2.75, 3.05) is 0 Å². The fraction of sp³-hybridized carbons (Fsp3) is 0.500. The third kappa shape index (κ3) is 1.88. The molecule has 0 atom stereocenters. The predicted octanol–water partition coefficient (Wildman–Crippen LogP) is 3.60. The Morgan fingerprint density at radius 2 is 1.58 bits per heavy atom. The minimum absolute atomic E-state index is 0.276. The van der Waals surface area contributed by atoms with Crippen molar-refractivity contribution in [3.8, 4) is 0 Å². The van der Waals surface area contributed by atoms with Gasteiger partial charge >= 0.3 is 0 Å². The van der Waals surface area contributed by atoms with Crippen molar-refractivity contribution in [1.29, 1.82) is 0 Å². The standard InChI is InChI=1S/C12H18/c1-9-6-7-11(10(2)8-9)12(3,4)5/h6-8H,1-5H3. The molecular formula is C12H18. The molecule has 0 aromatic heterocycles. The van der Waals surface area contributed by atoms with E-state index in [1.54, 1.807) is 0 Å². The minimum Gasteiger partial charge on any atom is -0.0590 e. The molecule has 0 saturated carbocycles. The molecule has 1 aromatic carbocycles. The van der Waals surface area contributed by atoms with Crippen LogP contribution in [0, 0.1) is 13.8 Å². The van der Waals surface area contributed by atoms with Crippen LogP contribution >= 0.6 is 0 Å². The number of aryl methyl sites for hydroxylation is 2. The van der Waals surface area contributed by atoms with Gasteiger partial charge in [0, 0.05) is 0 Å². The molecule has 0 spiro atoms. The first-order chi connectivity index (χ1) is 5.41. The summed E-state index contributed by atoms with van der Waals surface area (Å²) in [5, 5.41) is 0. The van der Waals surface area contributed by atoms with Gasteiger partial charge in [-0.3, -0.25) is 0 Å². The molecule has 0 N–H and O–H groups in total. The highest BCUT2D eigenvalue weighted by Gasteiger charge is 2.15. The lowest BCUT2D eigenvalue weighted by molar-refractivity contribution is 0.586. The Bertz CT molecular complexity index is 277. The molecule has 1 aromatic rings. The molecule has 0 saturated heterocycles. The van der Waals surface area contributed by atoms with Gasteiger partial charge < -0.3 is 0 Å². The van der Waals surface area contributed by atoms with Gasteiger partial charge in [0.1, 0.15) is 0 Å². The van der Waals surface area contributed by atoms with Crippen LogP contribution in [0.2, 0.25) is 0 Å². The molecule has 0 amide bonds. The smallest absolute Gasteiger partial charge is 0.0129 e.